The van der Waals surface area contributed by atoms with Crippen molar-refractivity contribution in [3.05, 3.63) is 34.1 Å². The van der Waals surface area contributed by atoms with E-state index in [4.69, 9.17) is 4.74 Å². The van der Waals surface area contributed by atoms with E-state index in [0.29, 0.717) is 4.47 Å². The van der Waals surface area contributed by atoms with Gasteiger partial charge in [-0.3, -0.25) is 5.32 Å². The number of halogens is 2. The Kier molecular flexibility index (Phi) is 4.87. The fraction of sp³-hybridized carbons (Fsp3) is 0.462. The van der Waals surface area contributed by atoms with Gasteiger partial charge in [-0.1, -0.05) is 22.0 Å². The van der Waals surface area contributed by atoms with Crippen LogP contribution in [0.5, 0.6) is 0 Å². The molecule has 0 saturated carbocycles. The van der Waals surface area contributed by atoms with Crippen molar-refractivity contribution in [2.24, 2.45) is 0 Å². The van der Waals surface area contributed by atoms with Crippen molar-refractivity contribution in [3.63, 3.8) is 0 Å². The summed E-state index contributed by atoms with van der Waals surface area (Å²) >= 11 is 3.19. The zero-order valence-corrected chi connectivity index (χ0v) is 12.5. The second kappa shape index (κ2) is 5.80. The largest absolute Gasteiger partial charge is 0.467 e. The van der Waals surface area contributed by atoms with Crippen LogP contribution in [0.4, 0.5) is 4.39 Å². The molecule has 0 spiro atoms. The maximum Gasteiger partial charge on any atom is 0.330 e. The molecule has 0 aliphatic heterocycles. The number of nitrogens with one attached hydrogen (secondary N) is 1. The molecule has 1 aromatic carbocycles. The maximum atomic E-state index is 14.0. The van der Waals surface area contributed by atoms with Crippen molar-refractivity contribution in [1.29, 1.82) is 0 Å². The number of hydrogen-bond acceptors (Lipinski definition) is 3. The normalized spacial score (nSPS) is 14.4. The van der Waals surface area contributed by atoms with Gasteiger partial charge < -0.3 is 4.74 Å². The smallest absolute Gasteiger partial charge is 0.330 e. The standard InChI is InChI=1S/C13H17BrFNO2/c1-8(2)16-13(3,12(17)18-4)10-6-5-9(14)7-11(10)15/h5-8,16H,1-4H3. The third-order valence-electron chi connectivity index (χ3n) is 2.64. The van der Waals surface area contributed by atoms with Gasteiger partial charge in [0.05, 0.1) is 7.11 Å². The van der Waals surface area contributed by atoms with Crippen molar-refractivity contribution in [2.45, 2.75) is 32.4 Å². The highest BCUT2D eigenvalue weighted by Gasteiger charge is 2.38. The van der Waals surface area contributed by atoms with Gasteiger partial charge >= 0.3 is 5.97 Å². The number of esters is 1. The van der Waals surface area contributed by atoms with Gasteiger partial charge in [0.25, 0.3) is 0 Å². The fourth-order valence-electron chi connectivity index (χ4n) is 1.92. The SMILES string of the molecule is COC(=O)C(C)(NC(C)C)c1ccc(Br)cc1F. The number of ether oxygens (including phenoxy) is 1. The first-order chi connectivity index (χ1) is 8.31. The number of carbonyl (C=O) groups is 1. The summed E-state index contributed by atoms with van der Waals surface area (Å²) in [6, 6.07) is 4.61. The molecule has 0 heterocycles. The van der Waals surface area contributed by atoms with Gasteiger partial charge in [0.1, 0.15) is 11.4 Å². The Morgan fingerprint density at radius 1 is 1.50 bits per heavy atom. The van der Waals surface area contributed by atoms with Crippen LogP contribution < -0.4 is 5.32 Å². The predicted molar refractivity (Wildman–Crippen MR) is 71.7 cm³/mol. The molecule has 0 aliphatic carbocycles. The van der Waals surface area contributed by atoms with E-state index in [2.05, 4.69) is 21.2 Å². The quantitative estimate of drug-likeness (QED) is 0.868. The molecule has 0 saturated heterocycles. The molecule has 0 bridgehead atoms. The summed E-state index contributed by atoms with van der Waals surface area (Å²) in [5.41, 5.74) is -0.931. The number of carbonyl (C=O) groups excluding carboxylic acids is 1. The molecular weight excluding hydrogens is 301 g/mol. The molecular formula is C13H17BrFNO2. The highest BCUT2D eigenvalue weighted by atomic mass is 79.9. The van der Waals surface area contributed by atoms with Crippen LogP contribution in [0.3, 0.4) is 0 Å². The second-order valence-electron chi connectivity index (χ2n) is 4.54. The summed E-state index contributed by atoms with van der Waals surface area (Å²) in [4.78, 5) is 11.9. The lowest BCUT2D eigenvalue weighted by molar-refractivity contribution is -0.148. The molecule has 1 aromatic rings. The molecule has 18 heavy (non-hydrogen) atoms. The molecule has 3 nitrogen and oxygen atoms in total. The molecule has 1 rings (SSSR count). The van der Waals surface area contributed by atoms with Gasteiger partial charge in [0, 0.05) is 16.1 Å². The fourth-order valence-corrected chi connectivity index (χ4v) is 2.26. The molecule has 1 unspecified atom stereocenters. The van der Waals surface area contributed by atoms with E-state index in [1.54, 1.807) is 19.1 Å². The Balaban J connectivity index is 3.29. The average molecular weight is 318 g/mol. The van der Waals surface area contributed by atoms with Crippen molar-refractivity contribution in [2.75, 3.05) is 7.11 Å². The lowest BCUT2D eigenvalue weighted by Crippen LogP contribution is -2.50. The van der Waals surface area contributed by atoms with Crippen LogP contribution >= 0.6 is 15.9 Å². The molecule has 0 fully saturated rings. The Hall–Kier alpha value is -0.940. The maximum absolute atomic E-state index is 14.0. The monoisotopic (exact) mass is 317 g/mol. The molecule has 0 radical (unpaired) electrons. The third kappa shape index (κ3) is 3.09. The summed E-state index contributed by atoms with van der Waals surface area (Å²) < 4.78 is 19.4. The molecule has 0 aliphatic rings. The van der Waals surface area contributed by atoms with Gasteiger partial charge in [0.2, 0.25) is 0 Å². The van der Waals surface area contributed by atoms with E-state index >= 15 is 0 Å². The van der Waals surface area contributed by atoms with E-state index in [1.165, 1.54) is 13.2 Å². The van der Waals surface area contributed by atoms with E-state index < -0.39 is 17.3 Å². The van der Waals surface area contributed by atoms with Crippen LogP contribution in [0, 0.1) is 5.82 Å². The van der Waals surface area contributed by atoms with Crippen LogP contribution in [0.1, 0.15) is 26.3 Å². The first-order valence-electron chi connectivity index (χ1n) is 5.63. The van der Waals surface area contributed by atoms with E-state index in [0.717, 1.165) is 0 Å². The van der Waals surface area contributed by atoms with Crippen LogP contribution in [-0.4, -0.2) is 19.1 Å². The highest BCUT2D eigenvalue weighted by Crippen LogP contribution is 2.27. The zero-order chi connectivity index (χ0) is 13.9. The Morgan fingerprint density at radius 2 is 2.11 bits per heavy atom. The molecule has 1 N–H and O–H groups in total. The van der Waals surface area contributed by atoms with Crippen molar-refractivity contribution in [1.82, 2.24) is 5.32 Å². The topological polar surface area (TPSA) is 38.3 Å². The number of methoxy groups -OCH3 is 1. The minimum absolute atomic E-state index is 0.0112. The summed E-state index contributed by atoms with van der Waals surface area (Å²) in [5.74, 6) is -0.970. The second-order valence-corrected chi connectivity index (χ2v) is 5.46. The lowest BCUT2D eigenvalue weighted by atomic mass is 9.90. The number of hydrogen-bond donors (Lipinski definition) is 1. The van der Waals surface area contributed by atoms with Crippen molar-refractivity contribution >= 4 is 21.9 Å². The predicted octanol–water partition coefficient (Wildman–Crippen LogP) is 2.97. The van der Waals surface area contributed by atoms with Crippen molar-refractivity contribution < 1.29 is 13.9 Å². The Morgan fingerprint density at radius 3 is 2.56 bits per heavy atom. The van der Waals surface area contributed by atoms with Crippen LogP contribution in [0.25, 0.3) is 0 Å². The van der Waals surface area contributed by atoms with Crippen LogP contribution in [0.2, 0.25) is 0 Å². The highest BCUT2D eigenvalue weighted by molar-refractivity contribution is 9.10. The van der Waals surface area contributed by atoms with Gasteiger partial charge in [0.15, 0.2) is 0 Å². The molecule has 0 aromatic heterocycles. The first kappa shape index (κ1) is 15.1. The number of rotatable bonds is 4. The lowest BCUT2D eigenvalue weighted by Gasteiger charge is -2.31. The van der Waals surface area contributed by atoms with Crippen molar-refractivity contribution in [3.8, 4) is 0 Å². The van der Waals surface area contributed by atoms with Crippen LogP contribution in [0.15, 0.2) is 22.7 Å². The Labute approximate surface area is 115 Å². The molecule has 5 heteroatoms. The molecule has 0 amide bonds. The van der Waals surface area contributed by atoms with Crippen LogP contribution in [-0.2, 0) is 15.1 Å². The summed E-state index contributed by atoms with van der Waals surface area (Å²) in [7, 11) is 1.29. The van der Waals surface area contributed by atoms with Gasteiger partial charge in [-0.25, -0.2) is 9.18 Å². The summed E-state index contributed by atoms with van der Waals surface area (Å²) in [5, 5.41) is 3.05. The Bertz CT molecular complexity index is 451. The number of benzene rings is 1. The average Bonchev–Trinajstić information content (AvgIpc) is 2.26. The van der Waals surface area contributed by atoms with Gasteiger partial charge in [-0.2, -0.15) is 0 Å². The van der Waals surface area contributed by atoms with E-state index in [-0.39, 0.29) is 11.6 Å². The molecule has 1 atom stereocenters. The van der Waals surface area contributed by atoms with Gasteiger partial charge in [-0.15, -0.1) is 0 Å². The first-order valence-corrected chi connectivity index (χ1v) is 6.42. The van der Waals surface area contributed by atoms with E-state index in [1.807, 2.05) is 13.8 Å². The summed E-state index contributed by atoms with van der Waals surface area (Å²) in [6.45, 7) is 5.39. The minimum Gasteiger partial charge on any atom is -0.467 e. The van der Waals surface area contributed by atoms with E-state index in [9.17, 15) is 9.18 Å². The molecule has 100 valence electrons. The third-order valence-corrected chi connectivity index (χ3v) is 3.13. The summed E-state index contributed by atoms with van der Waals surface area (Å²) in [6.07, 6.45) is 0. The zero-order valence-electron chi connectivity index (χ0n) is 10.9. The minimum atomic E-state index is -1.20. The van der Waals surface area contributed by atoms with Gasteiger partial charge in [-0.05, 0) is 32.9 Å².